The van der Waals surface area contributed by atoms with Gasteiger partial charge in [0.05, 0.1) is 11.0 Å². The number of nitrogens with zero attached hydrogens (tertiary/aromatic N) is 2. The molecular weight excluding hydrogens is 246 g/mol. The number of rotatable bonds is 3. The fourth-order valence-corrected chi connectivity index (χ4v) is 3.54. The molecule has 1 aromatic rings. The predicted octanol–water partition coefficient (Wildman–Crippen LogP) is 2.28. The van der Waals surface area contributed by atoms with Gasteiger partial charge in [-0.25, -0.2) is 4.98 Å². The van der Waals surface area contributed by atoms with Crippen LogP contribution in [-0.4, -0.2) is 27.9 Å². The second-order valence-corrected chi connectivity index (χ2v) is 6.56. The summed E-state index contributed by atoms with van der Waals surface area (Å²) in [7, 11) is 0. The number of likely N-dealkylation sites (tertiary alicyclic amines) is 1. The van der Waals surface area contributed by atoms with Crippen LogP contribution in [0.4, 0.5) is 0 Å². The molecule has 0 aliphatic carbocycles. The van der Waals surface area contributed by atoms with Crippen LogP contribution in [0.15, 0.2) is 6.20 Å². The molecule has 0 bridgehead atoms. The van der Waals surface area contributed by atoms with Crippen LogP contribution in [0.3, 0.4) is 0 Å². The van der Waals surface area contributed by atoms with Crippen molar-refractivity contribution in [2.75, 3.05) is 0 Å². The summed E-state index contributed by atoms with van der Waals surface area (Å²) in [5.74, 6) is 0.576. The first-order chi connectivity index (χ1) is 8.41. The molecule has 2 atom stereocenters. The maximum atomic E-state index is 12.0. The summed E-state index contributed by atoms with van der Waals surface area (Å²) >= 11 is 1.68. The summed E-state index contributed by atoms with van der Waals surface area (Å²) in [6.07, 6.45) is 2.33. The largest absolute Gasteiger partial charge is 0.331 e. The molecule has 1 saturated heterocycles. The second kappa shape index (κ2) is 4.97. The average molecular weight is 267 g/mol. The molecule has 18 heavy (non-hydrogen) atoms. The zero-order chi connectivity index (χ0) is 13.4. The molecule has 0 unspecified atom stereocenters. The lowest BCUT2D eigenvalue weighted by molar-refractivity contribution is -0.130. The van der Waals surface area contributed by atoms with Crippen LogP contribution in [0, 0.1) is 0 Å². The summed E-state index contributed by atoms with van der Waals surface area (Å²) in [5, 5.41) is 1.11. The lowest BCUT2D eigenvalue weighted by Gasteiger charge is -2.29. The molecule has 0 radical (unpaired) electrons. The van der Waals surface area contributed by atoms with Crippen molar-refractivity contribution in [1.29, 1.82) is 0 Å². The van der Waals surface area contributed by atoms with E-state index in [1.807, 2.05) is 24.9 Å². The number of carbonyl (C=O) groups excluding carboxylic acids is 1. The Bertz CT molecular complexity index is 441. The van der Waals surface area contributed by atoms with Crippen molar-refractivity contribution >= 4 is 17.2 Å². The third-order valence-corrected chi connectivity index (χ3v) is 4.66. The third kappa shape index (κ3) is 2.29. The van der Waals surface area contributed by atoms with Crippen LogP contribution < -0.4 is 5.73 Å². The molecule has 2 rings (SSSR count). The first kappa shape index (κ1) is 13.5. The van der Waals surface area contributed by atoms with Gasteiger partial charge in [0.25, 0.3) is 0 Å². The molecule has 5 heteroatoms. The minimum Gasteiger partial charge on any atom is -0.331 e. The van der Waals surface area contributed by atoms with Crippen LogP contribution >= 0.6 is 11.3 Å². The van der Waals surface area contributed by atoms with Gasteiger partial charge in [-0.2, -0.15) is 0 Å². The number of nitrogens with two attached hydrogens (primary N) is 1. The highest BCUT2D eigenvalue weighted by Gasteiger charge is 2.40. The maximum absolute atomic E-state index is 12.0. The minimum absolute atomic E-state index is 0.00231. The molecule has 0 saturated carbocycles. The molecule has 0 spiro atoms. The first-order valence-corrected chi connectivity index (χ1v) is 7.25. The number of amides is 1. The summed E-state index contributed by atoms with van der Waals surface area (Å²) in [6.45, 7) is 8.33. The molecule has 2 N–H and O–H groups in total. The summed E-state index contributed by atoms with van der Waals surface area (Å²) in [6, 6.07) is 0.0727. The number of carbonyl (C=O) groups is 1. The lowest BCUT2D eigenvalue weighted by Crippen LogP contribution is -2.37. The molecule has 2 heterocycles. The Labute approximate surface area is 112 Å². The van der Waals surface area contributed by atoms with Crippen molar-refractivity contribution in [3.8, 4) is 0 Å². The molecule has 1 aromatic heterocycles. The monoisotopic (exact) mass is 267 g/mol. The predicted molar refractivity (Wildman–Crippen MR) is 73.5 cm³/mol. The number of hydrogen-bond acceptors (Lipinski definition) is 4. The van der Waals surface area contributed by atoms with Crippen molar-refractivity contribution in [3.63, 3.8) is 0 Å². The van der Waals surface area contributed by atoms with Gasteiger partial charge in [0, 0.05) is 35.5 Å². The van der Waals surface area contributed by atoms with Gasteiger partial charge in [-0.15, -0.1) is 11.3 Å². The van der Waals surface area contributed by atoms with Crippen molar-refractivity contribution in [1.82, 2.24) is 9.88 Å². The Morgan fingerprint density at radius 3 is 2.61 bits per heavy atom. The number of hydrogen-bond donors (Lipinski definition) is 1. The van der Waals surface area contributed by atoms with E-state index in [0.29, 0.717) is 12.3 Å². The third-order valence-electron chi connectivity index (χ3n) is 3.29. The van der Waals surface area contributed by atoms with E-state index < -0.39 is 0 Å². The van der Waals surface area contributed by atoms with Gasteiger partial charge in [-0.1, -0.05) is 13.8 Å². The fourth-order valence-electron chi connectivity index (χ4n) is 2.44. The molecule has 4 nitrogen and oxygen atoms in total. The van der Waals surface area contributed by atoms with Gasteiger partial charge >= 0.3 is 0 Å². The van der Waals surface area contributed by atoms with E-state index >= 15 is 0 Å². The van der Waals surface area contributed by atoms with Crippen molar-refractivity contribution in [2.45, 2.75) is 58.2 Å². The van der Waals surface area contributed by atoms with Crippen molar-refractivity contribution in [3.05, 3.63) is 16.1 Å². The van der Waals surface area contributed by atoms with Gasteiger partial charge in [-0.05, 0) is 13.8 Å². The Morgan fingerprint density at radius 1 is 1.44 bits per heavy atom. The molecule has 1 aliphatic heterocycles. The van der Waals surface area contributed by atoms with E-state index in [9.17, 15) is 4.79 Å². The molecular formula is C13H21N3OS. The van der Waals surface area contributed by atoms with Gasteiger partial charge in [0.2, 0.25) is 5.91 Å². The summed E-state index contributed by atoms with van der Waals surface area (Å²) < 4.78 is 0. The highest BCUT2D eigenvalue weighted by molar-refractivity contribution is 7.11. The van der Waals surface area contributed by atoms with Crippen LogP contribution in [0.25, 0.3) is 0 Å². The first-order valence-electron chi connectivity index (χ1n) is 6.44. The minimum atomic E-state index is -0.111. The number of thiazole rings is 1. The van der Waals surface area contributed by atoms with Crippen LogP contribution in [-0.2, 0) is 4.79 Å². The zero-order valence-corrected chi connectivity index (χ0v) is 12.2. The quantitative estimate of drug-likeness (QED) is 0.914. The fraction of sp³-hybridized carbons (Fsp3) is 0.692. The van der Waals surface area contributed by atoms with Crippen molar-refractivity contribution in [2.24, 2.45) is 5.73 Å². The van der Waals surface area contributed by atoms with Crippen LogP contribution in [0.1, 0.15) is 56.0 Å². The van der Waals surface area contributed by atoms with Gasteiger partial charge < -0.3 is 10.6 Å². The Kier molecular flexibility index (Phi) is 3.73. The Morgan fingerprint density at radius 2 is 2.11 bits per heavy atom. The smallest absolute Gasteiger partial charge is 0.225 e. The van der Waals surface area contributed by atoms with Crippen molar-refractivity contribution < 1.29 is 4.79 Å². The standard InChI is InChI=1S/C13H21N3OS/c1-7(2)13-15-6-10(18-13)12-9(14)5-11(17)16(12)8(3)4/h6-9,12H,5,14H2,1-4H3/t9-,12-/m0/s1. The van der Waals surface area contributed by atoms with E-state index in [-0.39, 0.29) is 24.0 Å². The van der Waals surface area contributed by atoms with Gasteiger partial charge in [-0.3, -0.25) is 4.79 Å². The maximum Gasteiger partial charge on any atom is 0.225 e. The SMILES string of the molecule is CC(C)c1ncc([C@@H]2[C@@H](N)CC(=O)N2C(C)C)s1. The molecule has 0 aromatic carbocycles. The van der Waals surface area contributed by atoms with Gasteiger partial charge in [0.15, 0.2) is 0 Å². The van der Waals surface area contributed by atoms with E-state index in [1.165, 1.54) is 0 Å². The second-order valence-electron chi connectivity index (χ2n) is 5.46. The Hall–Kier alpha value is -0.940. The zero-order valence-electron chi connectivity index (χ0n) is 11.4. The Balaban J connectivity index is 2.31. The average Bonchev–Trinajstić information content (AvgIpc) is 2.81. The van der Waals surface area contributed by atoms with Gasteiger partial charge in [0.1, 0.15) is 0 Å². The summed E-state index contributed by atoms with van der Waals surface area (Å²) in [5.41, 5.74) is 6.13. The molecule has 100 valence electrons. The van der Waals surface area contributed by atoms with E-state index in [0.717, 1.165) is 9.88 Å². The van der Waals surface area contributed by atoms with E-state index in [2.05, 4.69) is 18.8 Å². The topological polar surface area (TPSA) is 59.2 Å². The van der Waals surface area contributed by atoms with E-state index in [4.69, 9.17) is 5.73 Å². The lowest BCUT2D eigenvalue weighted by atomic mass is 10.1. The van der Waals surface area contributed by atoms with Crippen LogP contribution in [0.2, 0.25) is 0 Å². The van der Waals surface area contributed by atoms with E-state index in [1.54, 1.807) is 11.3 Å². The molecule has 1 aliphatic rings. The normalized spacial score (nSPS) is 24.6. The highest BCUT2D eigenvalue weighted by atomic mass is 32.1. The number of aromatic nitrogens is 1. The molecule has 1 amide bonds. The molecule has 1 fully saturated rings. The summed E-state index contributed by atoms with van der Waals surface area (Å²) in [4.78, 5) is 19.4. The highest BCUT2D eigenvalue weighted by Crippen LogP contribution is 2.37. The van der Waals surface area contributed by atoms with Crippen LogP contribution in [0.5, 0.6) is 0 Å².